The van der Waals surface area contributed by atoms with Crippen molar-refractivity contribution in [2.75, 3.05) is 13.1 Å². The van der Waals surface area contributed by atoms with Crippen LogP contribution < -0.4 is 9.46 Å². The van der Waals surface area contributed by atoms with Crippen molar-refractivity contribution in [1.29, 1.82) is 0 Å². The molecule has 0 spiro atoms. The second-order valence-electron chi connectivity index (χ2n) is 7.80. The number of carboxylic acids is 1. The lowest BCUT2D eigenvalue weighted by Gasteiger charge is -2.22. The van der Waals surface area contributed by atoms with Crippen molar-refractivity contribution in [3.8, 4) is 5.75 Å². The molecule has 2 aliphatic rings. The van der Waals surface area contributed by atoms with Crippen LogP contribution in [-0.4, -0.2) is 48.5 Å². The SMILES string of the molecule is C[C@@H]1[C@H](c2ccccc2)[C@]1(NS(=O)(=O)N1CCC(Oc2ccc(Cl)cc2)C1)C(=O)O. The summed E-state index contributed by atoms with van der Waals surface area (Å²) >= 11 is 5.87. The minimum Gasteiger partial charge on any atom is -0.489 e. The summed E-state index contributed by atoms with van der Waals surface area (Å²) in [6, 6.07) is 16.0. The topological polar surface area (TPSA) is 95.9 Å². The number of halogens is 1. The number of benzene rings is 2. The van der Waals surface area contributed by atoms with E-state index in [9.17, 15) is 18.3 Å². The van der Waals surface area contributed by atoms with Gasteiger partial charge in [0.1, 0.15) is 17.4 Å². The number of hydrogen-bond donors (Lipinski definition) is 2. The number of carboxylic acid groups (broad SMARTS) is 1. The van der Waals surface area contributed by atoms with E-state index in [-0.39, 0.29) is 25.1 Å². The average Bonchev–Trinajstić information content (AvgIpc) is 3.05. The first-order valence-electron chi connectivity index (χ1n) is 9.73. The molecule has 1 saturated carbocycles. The van der Waals surface area contributed by atoms with E-state index >= 15 is 0 Å². The molecule has 7 nitrogen and oxygen atoms in total. The van der Waals surface area contributed by atoms with Crippen LogP contribution in [-0.2, 0) is 15.0 Å². The molecule has 0 bridgehead atoms. The molecular weight excluding hydrogens is 428 g/mol. The van der Waals surface area contributed by atoms with Gasteiger partial charge in [0.15, 0.2) is 0 Å². The summed E-state index contributed by atoms with van der Waals surface area (Å²) in [7, 11) is -4.00. The second kappa shape index (κ2) is 7.85. The molecule has 0 amide bonds. The Morgan fingerprint density at radius 2 is 1.87 bits per heavy atom. The molecule has 0 radical (unpaired) electrons. The maximum Gasteiger partial charge on any atom is 0.325 e. The van der Waals surface area contributed by atoms with Gasteiger partial charge >= 0.3 is 5.97 Å². The van der Waals surface area contributed by atoms with E-state index in [1.165, 1.54) is 4.31 Å². The maximum atomic E-state index is 13.0. The zero-order valence-electron chi connectivity index (χ0n) is 16.4. The zero-order valence-corrected chi connectivity index (χ0v) is 17.9. The quantitative estimate of drug-likeness (QED) is 0.676. The van der Waals surface area contributed by atoms with Crippen LogP contribution in [0.2, 0.25) is 5.02 Å². The van der Waals surface area contributed by atoms with Gasteiger partial charge in [-0.15, -0.1) is 0 Å². The number of hydrogen-bond acceptors (Lipinski definition) is 4. The van der Waals surface area contributed by atoms with E-state index in [2.05, 4.69) is 4.72 Å². The third-order valence-electron chi connectivity index (χ3n) is 5.97. The highest BCUT2D eigenvalue weighted by Crippen LogP contribution is 2.58. The highest BCUT2D eigenvalue weighted by atomic mass is 35.5. The summed E-state index contributed by atoms with van der Waals surface area (Å²) in [4.78, 5) is 12.1. The number of nitrogens with zero attached hydrogens (tertiary/aromatic N) is 1. The van der Waals surface area contributed by atoms with E-state index < -0.39 is 27.6 Å². The molecule has 1 aliphatic carbocycles. The largest absolute Gasteiger partial charge is 0.489 e. The van der Waals surface area contributed by atoms with Crippen molar-refractivity contribution in [3.05, 3.63) is 65.2 Å². The molecule has 1 aliphatic heterocycles. The minimum atomic E-state index is -4.00. The Morgan fingerprint density at radius 1 is 1.20 bits per heavy atom. The molecule has 2 aromatic rings. The fourth-order valence-electron chi connectivity index (χ4n) is 4.30. The van der Waals surface area contributed by atoms with Gasteiger partial charge in [-0.05, 0) is 42.2 Å². The Bertz CT molecular complexity index is 1030. The average molecular weight is 451 g/mol. The highest BCUT2D eigenvalue weighted by Gasteiger charge is 2.70. The maximum absolute atomic E-state index is 13.0. The van der Waals surface area contributed by atoms with E-state index in [1.54, 1.807) is 31.2 Å². The monoisotopic (exact) mass is 450 g/mol. The number of nitrogens with one attached hydrogen (secondary N) is 1. The Hall–Kier alpha value is -2.13. The molecule has 1 unspecified atom stereocenters. The molecular formula is C21H23ClN2O5S. The second-order valence-corrected chi connectivity index (χ2v) is 9.91. The van der Waals surface area contributed by atoms with Crippen LogP contribution in [0.5, 0.6) is 5.75 Å². The fourth-order valence-corrected chi connectivity index (χ4v) is 6.09. The smallest absolute Gasteiger partial charge is 0.325 e. The van der Waals surface area contributed by atoms with Crippen LogP contribution in [0.3, 0.4) is 0 Å². The third kappa shape index (κ3) is 3.80. The first-order chi connectivity index (χ1) is 14.2. The molecule has 2 fully saturated rings. The van der Waals surface area contributed by atoms with Crippen LogP contribution >= 0.6 is 11.6 Å². The van der Waals surface area contributed by atoms with Crippen molar-refractivity contribution < 1.29 is 23.1 Å². The standard InChI is InChI=1S/C21H23ClN2O5S/c1-14-19(15-5-3-2-4-6-15)21(14,20(25)26)23-30(27,28)24-12-11-18(13-24)29-17-9-7-16(22)8-10-17/h2-10,14,18-19,23H,11-13H2,1H3,(H,25,26)/t14-,18?,19-,21+/m1/s1. The van der Waals surface area contributed by atoms with Crippen molar-refractivity contribution in [1.82, 2.24) is 9.03 Å². The van der Waals surface area contributed by atoms with Crippen LogP contribution in [0.25, 0.3) is 0 Å². The molecule has 1 saturated heterocycles. The summed E-state index contributed by atoms with van der Waals surface area (Å²) in [5, 5.41) is 10.5. The number of ether oxygens (including phenoxy) is 1. The summed E-state index contributed by atoms with van der Waals surface area (Å²) in [5.41, 5.74) is -0.740. The van der Waals surface area contributed by atoms with Crippen LogP contribution in [0, 0.1) is 5.92 Å². The first kappa shape index (κ1) is 21.1. The van der Waals surface area contributed by atoms with E-state index in [0.717, 1.165) is 5.56 Å². The summed E-state index contributed by atoms with van der Waals surface area (Å²) in [6.07, 6.45) is 0.200. The third-order valence-corrected chi connectivity index (χ3v) is 7.83. The normalized spacial score (nSPS) is 28.9. The molecule has 30 heavy (non-hydrogen) atoms. The number of aliphatic carboxylic acids is 1. The van der Waals surface area contributed by atoms with Crippen molar-refractivity contribution in [2.45, 2.75) is 30.9 Å². The van der Waals surface area contributed by atoms with E-state index in [0.29, 0.717) is 17.2 Å². The molecule has 160 valence electrons. The van der Waals surface area contributed by atoms with Crippen LogP contribution in [0.1, 0.15) is 24.8 Å². The van der Waals surface area contributed by atoms with Gasteiger partial charge in [0.2, 0.25) is 0 Å². The predicted molar refractivity (Wildman–Crippen MR) is 113 cm³/mol. The minimum absolute atomic E-state index is 0.151. The van der Waals surface area contributed by atoms with Crippen molar-refractivity contribution >= 4 is 27.8 Å². The van der Waals surface area contributed by atoms with Gasteiger partial charge in [-0.3, -0.25) is 4.79 Å². The van der Waals surface area contributed by atoms with E-state index in [4.69, 9.17) is 16.3 Å². The van der Waals surface area contributed by atoms with Crippen LogP contribution in [0.4, 0.5) is 0 Å². The molecule has 4 rings (SSSR count). The zero-order chi connectivity index (χ0) is 21.5. The lowest BCUT2D eigenvalue weighted by Crippen LogP contribution is -2.51. The summed E-state index contributed by atoms with van der Waals surface area (Å²) in [6.45, 7) is 2.16. The first-order valence-corrected chi connectivity index (χ1v) is 11.6. The van der Waals surface area contributed by atoms with Crippen molar-refractivity contribution in [3.63, 3.8) is 0 Å². The molecule has 2 aromatic carbocycles. The lowest BCUT2D eigenvalue weighted by molar-refractivity contribution is -0.140. The van der Waals surface area contributed by atoms with Gasteiger partial charge in [0.05, 0.1) is 6.54 Å². The molecule has 9 heteroatoms. The molecule has 2 N–H and O–H groups in total. The highest BCUT2D eigenvalue weighted by molar-refractivity contribution is 7.87. The van der Waals surface area contributed by atoms with Crippen molar-refractivity contribution in [2.24, 2.45) is 5.92 Å². The summed E-state index contributed by atoms with van der Waals surface area (Å²) in [5.74, 6) is -1.34. The Kier molecular flexibility index (Phi) is 5.52. The van der Waals surface area contributed by atoms with Crippen LogP contribution in [0.15, 0.2) is 54.6 Å². The number of carbonyl (C=O) groups is 1. The van der Waals surface area contributed by atoms with Gasteiger partial charge in [-0.1, -0.05) is 48.9 Å². The Labute approximate surface area is 180 Å². The summed E-state index contributed by atoms with van der Waals surface area (Å²) < 4.78 is 35.7. The predicted octanol–water partition coefficient (Wildman–Crippen LogP) is 2.88. The molecule has 1 heterocycles. The van der Waals surface area contributed by atoms with Gasteiger partial charge in [0.25, 0.3) is 10.2 Å². The fraction of sp³-hybridized carbons (Fsp3) is 0.381. The Balaban J connectivity index is 1.47. The lowest BCUT2D eigenvalue weighted by atomic mass is 10.1. The van der Waals surface area contributed by atoms with Gasteiger partial charge in [-0.25, -0.2) is 0 Å². The molecule has 0 aromatic heterocycles. The number of rotatable bonds is 7. The Morgan fingerprint density at radius 3 is 2.50 bits per heavy atom. The van der Waals surface area contributed by atoms with Gasteiger partial charge in [-0.2, -0.15) is 17.4 Å². The molecule has 4 atom stereocenters. The van der Waals surface area contributed by atoms with Gasteiger partial charge in [0, 0.05) is 17.5 Å². The van der Waals surface area contributed by atoms with E-state index in [1.807, 2.05) is 30.3 Å². The van der Waals surface area contributed by atoms with Gasteiger partial charge < -0.3 is 9.84 Å².